The number of aryl methyl sites for hydroxylation is 1. The Morgan fingerprint density at radius 2 is 1.82 bits per heavy atom. The molecule has 2 fully saturated rings. The van der Waals surface area contributed by atoms with Crippen LogP contribution in [0.5, 0.6) is 0 Å². The van der Waals surface area contributed by atoms with Gasteiger partial charge in [0.05, 0.1) is 5.92 Å². The number of nitrogens with zero attached hydrogens (tertiary/aromatic N) is 1. The van der Waals surface area contributed by atoms with E-state index in [0.29, 0.717) is 36.7 Å². The van der Waals surface area contributed by atoms with Crippen molar-refractivity contribution in [3.05, 3.63) is 71.0 Å². The first-order valence-corrected chi connectivity index (χ1v) is 9.92. The third-order valence-electron chi connectivity index (χ3n) is 5.71. The lowest BCUT2D eigenvalue weighted by molar-refractivity contribution is -0.126. The van der Waals surface area contributed by atoms with Crippen LogP contribution >= 0.6 is 0 Å². The minimum atomic E-state index is -0.252. The fraction of sp³-hybridized carbons (Fsp3) is 0.391. The van der Waals surface area contributed by atoms with Gasteiger partial charge in [-0.2, -0.15) is 0 Å². The molecule has 2 amide bonds. The van der Waals surface area contributed by atoms with E-state index in [-0.39, 0.29) is 29.5 Å². The molecule has 0 bridgehead atoms. The predicted molar refractivity (Wildman–Crippen MR) is 105 cm³/mol. The predicted octanol–water partition coefficient (Wildman–Crippen LogP) is 3.66. The maximum atomic E-state index is 13.7. The van der Waals surface area contributed by atoms with E-state index in [2.05, 4.69) is 5.32 Å². The van der Waals surface area contributed by atoms with Crippen LogP contribution in [-0.4, -0.2) is 35.8 Å². The molecule has 4 rings (SSSR count). The number of carbonyl (C=O) groups excluding carboxylic acids is 2. The number of amides is 2. The van der Waals surface area contributed by atoms with Gasteiger partial charge in [0.1, 0.15) is 5.82 Å². The minimum Gasteiger partial charge on any atom is -0.353 e. The molecule has 2 aromatic carbocycles. The lowest BCUT2D eigenvalue weighted by Gasteiger charge is -2.37. The number of benzene rings is 2. The molecule has 28 heavy (non-hydrogen) atoms. The van der Waals surface area contributed by atoms with Crippen molar-refractivity contribution in [2.45, 2.75) is 38.1 Å². The van der Waals surface area contributed by atoms with E-state index in [1.54, 1.807) is 30.0 Å². The second kappa shape index (κ2) is 7.74. The molecule has 0 aromatic heterocycles. The molecule has 2 atom stereocenters. The van der Waals surface area contributed by atoms with Gasteiger partial charge in [-0.05, 0) is 55.5 Å². The summed E-state index contributed by atoms with van der Waals surface area (Å²) in [5, 5.41) is 3.08. The fourth-order valence-electron chi connectivity index (χ4n) is 3.93. The molecule has 1 saturated heterocycles. The number of hydrogen-bond acceptors (Lipinski definition) is 2. The monoisotopic (exact) mass is 380 g/mol. The number of piperidine rings is 1. The lowest BCUT2D eigenvalue weighted by atomic mass is 9.83. The average Bonchev–Trinajstić information content (AvgIpc) is 3.53. The zero-order valence-electron chi connectivity index (χ0n) is 16.0. The summed E-state index contributed by atoms with van der Waals surface area (Å²) in [5.74, 6) is -0.516. The first-order chi connectivity index (χ1) is 13.5. The number of nitrogens with one attached hydrogen (secondary N) is 1. The second-order valence-electron chi connectivity index (χ2n) is 8.00. The van der Waals surface area contributed by atoms with Gasteiger partial charge in [-0.25, -0.2) is 4.39 Å². The van der Waals surface area contributed by atoms with Crippen LogP contribution in [0.25, 0.3) is 0 Å². The lowest BCUT2D eigenvalue weighted by Crippen LogP contribution is -2.48. The van der Waals surface area contributed by atoms with Crippen molar-refractivity contribution in [3.63, 3.8) is 0 Å². The van der Waals surface area contributed by atoms with Crippen LogP contribution < -0.4 is 5.32 Å². The topological polar surface area (TPSA) is 49.4 Å². The molecule has 0 radical (unpaired) electrons. The van der Waals surface area contributed by atoms with Crippen molar-refractivity contribution in [3.8, 4) is 0 Å². The van der Waals surface area contributed by atoms with Crippen LogP contribution in [-0.2, 0) is 4.79 Å². The summed E-state index contributed by atoms with van der Waals surface area (Å²) in [6.45, 7) is 2.70. The Morgan fingerprint density at radius 3 is 2.50 bits per heavy atom. The third-order valence-corrected chi connectivity index (χ3v) is 5.71. The van der Waals surface area contributed by atoms with Gasteiger partial charge < -0.3 is 10.2 Å². The molecular formula is C23H25FN2O2. The molecule has 2 aromatic rings. The largest absolute Gasteiger partial charge is 0.353 e. The molecule has 0 spiro atoms. The molecule has 5 heteroatoms. The van der Waals surface area contributed by atoms with Gasteiger partial charge in [-0.1, -0.05) is 30.3 Å². The summed E-state index contributed by atoms with van der Waals surface area (Å²) in [4.78, 5) is 27.6. The summed E-state index contributed by atoms with van der Waals surface area (Å²) < 4.78 is 13.7. The van der Waals surface area contributed by atoms with Gasteiger partial charge in [0, 0.05) is 30.6 Å². The van der Waals surface area contributed by atoms with E-state index in [0.717, 1.165) is 18.4 Å². The van der Waals surface area contributed by atoms with E-state index in [9.17, 15) is 14.0 Å². The van der Waals surface area contributed by atoms with Crippen LogP contribution in [0.2, 0.25) is 0 Å². The third kappa shape index (κ3) is 4.08. The van der Waals surface area contributed by atoms with E-state index in [1.807, 2.05) is 24.3 Å². The van der Waals surface area contributed by atoms with Crippen LogP contribution in [0.4, 0.5) is 4.39 Å². The van der Waals surface area contributed by atoms with Crippen LogP contribution in [0, 0.1) is 18.7 Å². The molecular weight excluding hydrogens is 355 g/mol. The number of hydrogen-bond donors (Lipinski definition) is 1. The normalized spacial score (nSPS) is 22.0. The summed E-state index contributed by atoms with van der Waals surface area (Å²) in [6.07, 6.45) is 2.74. The van der Waals surface area contributed by atoms with Crippen molar-refractivity contribution < 1.29 is 14.0 Å². The van der Waals surface area contributed by atoms with Gasteiger partial charge in [0.25, 0.3) is 5.91 Å². The van der Waals surface area contributed by atoms with E-state index < -0.39 is 0 Å². The summed E-state index contributed by atoms with van der Waals surface area (Å²) in [7, 11) is 0. The highest BCUT2D eigenvalue weighted by Gasteiger charge is 2.36. The van der Waals surface area contributed by atoms with Crippen molar-refractivity contribution in [2.75, 3.05) is 13.1 Å². The van der Waals surface area contributed by atoms with Crippen molar-refractivity contribution >= 4 is 11.8 Å². The van der Waals surface area contributed by atoms with E-state index in [4.69, 9.17) is 0 Å². The zero-order valence-corrected chi connectivity index (χ0v) is 16.0. The first kappa shape index (κ1) is 18.7. The van der Waals surface area contributed by atoms with Crippen molar-refractivity contribution in [1.29, 1.82) is 0 Å². The average molecular weight is 380 g/mol. The Bertz CT molecular complexity index is 879. The summed E-state index contributed by atoms with van der Waals surface area (Å²) in [6, 6.07) is 14.5. The highest BCUT2D eigenvalue weighted by atomic mass is 19.1. The first-order valence-electron chi connectivity index (χ1n) is 9.92. The molecule has 2 aliphatic rings. The smallest absolute Gasteiger partial charge is 0.253 e. The Labute approximate surface area is 164 Å². The van der Waals surface area contributed by atoms with Gasteiger partial charge in [0.15, 0.2) is 0 Å². The minimum absolute atomic E-state index is 0.00988. The molecule has 4 nitrogen and oxygen atoms in total. The van der Waals surface area contributed by atoms with Crippen LogP contribution in [0.3, 0.4) is 0 Å². The van der Waals surface area contributed by atoms with Gasteiger partial charge >= 0.3 is 0 Å². The van der Waals surface area contributed by atoms with Crippen molar-refractivity contribution in [1.82, 2.24) is 10.2 Å². The maximum absolute atomic E-state index is 13.7. The Hall–Kier alpha value is -2.69. The Kier molecular flexibility index (Phi) is 5.16. The van der Waals surface area contributed by atoms with Crippen LogP contribution in [0.15, 0.2) is 48.5 Å². The van der Waals surface area contributed by atoms with E-state index >= 15 is 0 Å². The summed E-state index contributed by atoms with van der Waals surface area (Å²) in [5.41, 5.74) is 2.19. The molecule has 1 aliphatic heterocycles. The second-order valence-corrected chi connectivity index (χ2v) is 8.00. The molecule has 1 N–H and O–H groups in total. The van der Waals surface area contributed by atoms with Gasteiger partial charge in [-0.15, -0.1) is 0 Å². The number of rotatable bonds is 4. The van der Waals surface area contributed by atoms with Crippen LogP contribution in [0.1, 0.15) is 46.7 Å². The Balaban J connectivity index is 1.59. The zero-order chi connectivity index (χ0) is 19.7. The quantitative estimate of drug-likeness (QED) is 0.880. The van der Waals surface area contributed by atoms with Gasteiger partial charge in [-0.3, -0.25) is 9.59 Å². The van der Waals surface area contributed by atoms with E-state index in [1.165, 1.54) is 6.07 Å². The fourth-order valence-corrected chi connectivity index (χ4v) is 3.93. The maximum Gasteiger partial charge on any atom is 0.253 e. The molecule has 0 unspecified atom stereocenters. The molecule has 1 heterocycles. The highest BCUT2D eigenvalue weighted by Crippen LogP contribution is 2.33. The molecule has 1 saturated carbocycles. The van der Waals surface area contributed by atoms with Crippen molar-refractivity contribution in [2.24, 2.45) is 5.92 Å². The summed E-state index contributed by atoms with van der Waals surface area (Å²) >= 11 is 0. The standard InChI is InChI=1S/C23H25FN2O2/c1-15-11-17(7-10-21(15)24)18-12-19(22(27)25-20-8-9-20)14-26(13-18)23(28)16-5-3-2-4-6-16/h2-7,10-11,18-20H,8-9,12-14H2,1H3,(H,25,27)/t18-,19+/m0/s1. The number of carbonyl (C=O) groups is 2. The number of likely N-dealkylation sites (tertiary alicyclic amines) is 1. The Morgan fingerprint density at radius 1 is 1.07 bits per heavy atom. The van der Waals surface area contributed by atoms with Gasteiger partial charge in [0.2, 0.25) is 5.91 Å². The molecule has 146 valence electrons. The molecule has 1 aliphatic carbocycles. The SMILES string of the molecule is Cc1cc([C@H]2C[C@@H](C(=O)NC3CC3)CN(C(=O)c3ccccc3)C2)ccc1F. The highest BCUT2D eigenvalue weighted by molar-refractivity contribution is 5.94. The number of halogens is 1.